The van der Waals surface area contributed by atoms with E-state index in [4.69, 9.17) is 5.41 Å². The first kappa shape index (κ1) is 21.6. The Morgan fingerprint density at radius 3 is 2.53 bits per heavy atom. The highest BCUT2D eigenvalue weighted by atomic mass is 19.3. The van der Waals surface area contributed by atoms with Crippen LogP contribution in [0.2, 0.25) is 0 Å². The number of pyridine rings is 1. The highest BCUT2D eigenvalue weighted by Crippen LogP contribution is 2.32. The molecule has 2 aliphatic rings. The summed E-state index contributed by atoms with van der Waals surface area (Å²) in [4.78, 5) is 17.7. The van der Waals surface area contributed by atoms with E-state index in [-0.39, 0.29) is 18.7 Å². The second-order valence-corrected chi connectivity index (χ2v) is 7.85. The zero-order valence-corrected chi connectivity index (χ0v) is 17.1. The second kappa shape index (κ2) is 8.86. The Kier molecular flexibility index (Phi) is 5.98. The number of carbonyl (C=O) groups excluding carboxylic acids is 1. The van der Waals surface area contributed by atoms with E-state index in [0.717, 1.165) is 25.3 Å². The Bertz CT molecular complexity index is 1070. The lowest BCUT2D eigenvalue weighted by molar-refractivity contribution is -0.111. The van der Waals surface area contributed by atoms with Crippen molar-refractivity contribution in [2.75, 3.05) is 23.3 Å². The lowest BCUT2D eigenvalue weighted by Crippen LogP contribution is -2.56. The van der Waals surface area contributed by atoms with Gasteiger partial charge in [0, 0.05) is 58.8 Å². The maximum atomic E-state index is 14.5. The molecule has 4 rings (SSSR count). The number of halogens is 3. The maximum Gasteiger partial charge on any atom is 0.282 e. The van der Waals surface area contributed by atoms with Crippen LogP contribution in [0.25, 0.3) is 11.6 Å². The molecule has 166 valence electrons. The van der Waals surface area contributed by atoms with Crippen molar-refractivity contribution in [3.63, 3.8) is 0 Å². The molecule has 1 amide bonds. The molecule has 6 nitrogen and oxygen atoms in total. The van der Waals surface area contributed by atoms with Crippen LogP contribution in [0.3, 0.4) is 0 Å². The molecular weight excluding hydrogens is 419 g/mol. The minimum atomic E-state index is -2.65. The van der Waals surface area contributed by atoms with Crippen LogP contribution in [-0.2, 0) is 4.79 Å². The molecule has 1 aromatic carbocycles. The first-order valence-corrected chi connectivity index (χ1v) is 10.2. The summed E-state index contributed by atoms with van der Waals surface area (Å²) in [6.07, 6.45) is 9.92. The second-order valence-electron chi connectivity index (χ2n) is 7.85. The van der Waals surface area contributed by atoms with Crippen molar-refractivity contribution >= 4 is 35.1 Å². The molecule has 1 aromatic heterocycles. The van der Waals surface area contributed by atoms with Gasteiger partial charge in [0.25, 0.3) is 5.92 Å². The molecule has 0 radical (unpaired) electrons. The molecule has 0 unspecified atom stereocenters. The minimum Gasteiger partial charge on any atom is -0.388 e. The van der Waals surface area contributed by atoms with E-state index in [9.17, 15) is 18.0 Å². The minimum absolute atomic E-state index is 0.183. The molecule has 32 heavy (non-hydrogen) atoms. The van der Waals surface area contributed by atoms with Crippen molar-refractivity contribution in [3.8, 4) is 0 Å². The summed E-state index contributed by atoms with van der Waals surface area (Å²) in [7, 11) is 0. The van der Waals surface area contributed by atoms with Gasteiger partial charge in [-0.15, -0.1) is 0 Å². The molecule has 9 heteroatoms. The number of hydrogen-bond acceptors (Lipinski definition) is 5. The molecule has 0 atom stereocenters. The summed E-state index contributed by atoms with van der Waals surface area (Å²) in [5.41, 5.74) is 2.06. The van der Waals surface area contributed by atoms with Gasteiger partial charge >= 0.3 is 0 Å². The fourth-order valence-electron chi connectivity index (χ4n) is 3.32. The first-order valence-electron chi connectivity index (χ1n) is 10.2. The smallest absolute Gasteiger partial charge is 0.282 e. The Labute approximate surface area is 183 Å². The zero-order valence-electron chi connectivity index (χ0n) is 17.1. The standard InChI is InChI=1S/C23H22F3N5O/c24-20-12-28-10-15(22(20)16(9-27)11-29-17-2-3-17)1-8-21(32)30-18-4-6-19(7-5-18)31-13-23(25,26)14-31/h1,4-12,17,27,29H,2-3,13-14H2,(H,30,32)/b8-1+,16-11+,27-9?. The summed E-state index contributed by atoms with van der Waals surface area (Å²) in [6, 6.07) is 6.94. The number of hydrogen-bond donors (Lipinski definition) is 3. The average Bonchev–Trinajstić information content (AvgIpc) is 3.57. The third kappa shape index (κ3) is 5.16. The van der Waals surface area contributed by atoms with Crippen LogP contribution >= 0.6 is 0 Å². The van der Waals surface area contributed by atoms with Crippen molar-refractivity contribution in [3.05, 3.63) is 65.9 Å². The lowest BCUT2D eigenvalue weighted by atomic mass is 10.0. The highest BCUT2D eigenvalue weighted by molar-refractivity contribution is 6.10. The number of carbonyl (C=O) groups is 1. The number of amides is 1. The number of rotatable bonds is 8. The van der Waals surface area contributed by atoms with Crippen LogP contribution < -0.4 is 15.5 Å². The number of allylic oxidation sites excluding steroid dienone is 1. The summed E-state index contributed by atoms with van der Waals surface area (Å²) >= 11 is 0. The van der Waals surface area contributed by atoms with Crippen molar-refractivity contribution in [2.45, 2.75) is 24.8 Å². The van der Waals surface area contributed by atoms with Crippen LogP contribution in [0.5, 0.6) is 0 Å². The summed E-state index contributed by atoms with van der Waals surface area (Å²) in [5.74, 6) is -3.68. The van der Waals surface area contributed by atoms with E-state index >= 15 is 0 Å². The van der Waals surface area contributed by atoms with Gasteiger partial charge in [-0.2, -0.15) is 0 Å². The van der Waals surface area contributed by atoms with Crippen LogP contribution in [-0.4, -0.2) is 42.2 Å². The predicted octanol–water partition coefficient (Wildman–Crippen LogP) is 4.07. The maximum absolute atomic E-state index is 14.5. The molecular formula is C23H22F3N5O. The van der Waals surface area contributed by atoms with Crippen molar-refractivity contribution < 1.29 is 18.0 Å². The third-order valence-electron chi connectivity index (χ3n) is 5.18. The Morgan fingerprint density at radius 2 is 1.91 bits per heavy atom. The van der Waals surface area contributed by atoms with Gasteiger partial charge < -0.3 is 20.9 Å². The zero-order chi connectivity index (χ0) is 22.7. The number of benzene rings is 1. The molecule has 0 bridgehead atoms. The Balaban J connectivity index is 1.43. The molecule has 2 aromatic rings. The Morgan fingerprint density at radius 1 is 1.19 bits per heavy atom. The lowest BCUT2D eigenvalue weighted by Gasteiger charge is -2.40. The van der Waals surface area contributed by atoms with Gasteiger partial charge in [-0.05, 0) is 43.2 Å². The monoisotopic (exact) mass is 441 g/mol. The quantitative estimate of drug-likeness (QED) is 0.426. The van der Waals surface area contributed by atoms with Gasteiger partial charge in [0.15, 0.2) is 0 Å². The number of alkyl halides is 2. The average molecular weight is 441 g/mol. The molecule has 1 saturated heterocycles. The molecule has 1 aliphatic heterocycles. The van der Waals surface area contributed by atoms with E-state index < -0.39 is 17.6 Å². The van der Waals surface area contributed by atoms with Gasteiger partial charge in [0.2, 0.25) is 5.91 Å². The first-order chi connectivity index (χ1) is 15.3. The molecule has 2 fully saturated rings. The topological polar surface area (TPSA) is 81.1 Å². The van der Waals surface area contributed by atoms with Crippen LogP contribution in [0.1, 0.15) is 24.0 Å². The van der Waals surface area contributed by atoms with E-state index in [1.54, 1.807) is 35.4 Å². The number of aromatic nitrogens is 1. The van der Waals surface area contributed by atoms with Crippen molar-refractivity contribution in [1.29, 1.82) is 5.41 Å². The van der Waals surface area contributed by atoms with Crippen molar-refractivity contribution in [1.82, 2.24) is 10.3 Å². The molecule has 3 N–H and O–H groups in total. The predicted molar refractivity (Wildman–Crippen MR) is 118 cm³/mol. The van der Waals surface area contributed by atoms with Gasteiger partial charge in [-0.1, -0.05) is 0 Å². The largest absolute Gasteiger partial charge is 0.388 e. The fraction of sp³-hybridized carbons (Fsp3) is 0.261. The summed E-state index contributed by atoms with van der Waals surface area (Å²) in [6.45, 7) is -0.623. The van der Waals surface area contributed by atoms with E-state index in [1.807, 2.05) is 0 Å². The number of anilines is 2. The van der Waals surface area contributed by atoms with E-state index in [2.05, 4.69) is 15.6 Å². The normalized spacial score (nSPS) is 17.7. The molecule has 2 heterocycles. The fourth-order valence-corrected chi connectivity index (χ4v) is 3.32. The third-order valence-corrected chi connectivity index (χ3v) is 5.18. The van der Waals surface area contributed by atoms with E-state index in [0.29, 0.717) is 28.6 Å². The molecule has 0 spiro atoms. The molecule has 1 saturated carbocycles. The van der Waals surface area contributed by atoms with E-state index in [1.165, 1.54) is 18.3 Å². The van der Waals surface area contributed by atoms with Crippen LogP contribution in [0.4, 0.5) is 24.5 Å². The van der Waals surface area contributed by atoms with Crippen LogP contribution in [0.15, 0.2) is 48.9 Å². The summed E-state index contributed by atoms with van der Waals surface area (Å²) < 4.78 is 40.5. The van der Waals surface area contributed by atoms with Gasteiger partial charge in [-0.25, -0.2) is 13.2 Å². The molecule has 1 aliphatic carbocycles. The van der Waals surface area contributed by atoms with Crippen molar-refractivity contribution in [2.24, 2.45) is 0 Å². The van der Waals surface area contributed by atoms with Gasteiger partial charge in [-0.3, -0.25) is 9.78 Å². The van der Waals surface area contributed by atoms with Crippen LogP contribution in [0, 0.1) is 11.2 Å². The van der Waals surface area contributed by atoms with Gasteiger partial charge in [0.05, 0.1) is 19.3 Å². The highest BCUT2D eigenvalue weighted by Gasteiger charge is 2.43. The number of nitrogens with one attached hydrogen (secondary N) is 3. The SMILES string of the molecule is N=C/C(=C\NC1CC1)c1c(F)cncc1/C=C/C(=O)Nc1ccc(N2CC(F)(F)C2)cc1. The Hall–Kier alpha value is -3.62. The number of nitrogens with zero attached hydrogens (tertiary/aromatic N) is 2. The van der Waals surface area contributed by atoms with Gasteiger partial charge in [0.1, 0.15) is 5.82 Å². The summed E-state index contributed by atoms with van der Waals surface area (Å²) in [5, 5.41) is 13.5.